The Morgan fingerprint density at radius 1 is 1.04 bits per heavy atom. The highest BCUT2D eigenvalue weighted by Gasteiger charge is 2.18. The molecule has 0 aliphatic carbocycles. The number of phenols is 1. The number of aromatic carboxylic acids is 1. The topological polar surface area (TPSA) is 57.5 Å². The molecule has 0 aliphatic heterocycles. The smallest absolute Gasteiger partial charge is 0.335 e. The third-order valence-electron chi connectivity index (χ3n) is 4.85. The van der Waals surface area contributed by atoms with E-state index >= 15 is 0 Å². The molecule has 2 aromatic carbocycles. The third kappa shape index (κ3) is 4.16. The van der Waals surface area contributed by atoms with Gasteiger partial charge in [-0.25, -0.2) is 4.79 Å². The molecular formula is C21H26O3. The van der Waals surface area contributed by atoms with Gasteiger partial charge >= 0.3 is 5.97 Å². The van der Waals surface area contributed by atoms with Gasteiger partial charge in [0.05, 0.1) is 5.56 Å². The number of carbonyl (C=O) groups is 1. The van der Waals surface area contributed by atoms with Crippen LogP contribution >= 0.6 is 0 Å². The quantitative estimate of drug-likeness (QED) is 0.687. The maximum absolute atomic E-state index is 11.4. The maximum Gasteiger partial charge on any atom is 0.335 e. The number of hydrogen-bond donors (Lipinski definition) is 2. The number of rotatable bonds is 7. The SMILES string of the molecule is CCC(CC)C[C@@H](C)c1cc(C(=O)O)ccc1-c1ccc(O)cc1. The van der Waals surface area contributed by atoms with E-state index in [1.165, 1.54) is 0 Å². The molecule has 3 heteroatoms. The molecule has 1 atom stereocenters. The summed E-state index contributed by atoms with van der Waals surface area (Å²) in [5.41, 5.74) is 3.42. The van der Waals surface area contributed by atoms with Crippen LogP contribution in [0.25, 0.3) is 11.1 Å². The first-order valence-corrected chi connectivity index (χ1v) is 8.62. The van der Waals surface area contributed by atoms with Crippen molar-refractivity contribution >= 4 is 5.97 Å². The van der Waals surface area contributed by atoms with Crippen LogP contribution < -0.4 is 0 Å². The Labute approximate surface area is 144 Å². The number of phenolic OH excluding ortho intramolecular Hbond substituents is 1. The van der Waals surface area contributed by atoms with Gasteiger partial charge in [-0.1, -0.05) is 51.8 Å². The van der Waals surface area contributed by atoms with Crippen LogP contribution in [-0.4, -0.2) is 16.2 Å². The number of aromatic hydroxyl groups is 1. The largest absolute Gasteiger partial charge is 0.508 e. The fraction of sp³-hybridized carbons (Fsp3) is 0.381. The maximum atomic E-state index is 11.4. The van der Waals surface area contributed by atoms with Crippen molar-refractivity contribution in [2.45, 2.75) is 46.0 Å². The summed E-state index contributed by atoms with van der Waals surface area (Å²) in [7, 11) is 0. The van der Waals surface area contributed by atoms with E-state index in [9.17, 15) is 15.0 Å². The van der Waals surface area contributed by atoms with Gasteiger partial charge in [-0.05, 0) is 59.2 Å². The van der Waals surface area contributed by atoms with Gasteiger partial charge in [0.15, 0.2) is 0 Å². The Bertz CT molecular complexity index is 685. The van der Waals surface area contributed by atoms with Gasteiger partial charge in [-0.15, -0.1) is 0 Å². The van der Waals surface area contributed by atoms with Crippen LogP contribution in [0.1, 0.15) is 61.9 Å². The molecule has 0 fully saturated rings. The Balaban J connectivity index is 2.46. The monoisotopic (exact) mass is 326 g/mol. The van der Waals surface area contributed by atoms with Gasteiger partial charge < -0.3 is 10.2 Å². The molecule has 128 valence electrons. The second kappa shape index (κ2) is 8.00. The van der Waals surface area contributed by atoms with Crippen LogP contribution in [-0.2, 0) is 0 Å². The molecule has 0 radical (unpaired) electrons. The van der Waals surface area contributed by atoms with Crippen molar-refractivity contribution < 1.29 is 15.0 Å². The first-order chi connectivity index (χ1) is 11.5. The van der Waals surface area contributed by atoms with E-state index in [1.54, 1.807) is 24.3 Å². The minimum atomic E-state index is -0.900. The molecule has 24 heavy (non-hydrogen) atoms. The molecule has 0 bridgehead atoms. The molecule has 0 unspecified atom stereocenters. The first-order valence-electron chi connectivity index (χ1n) is 8.62. The van der Waals surface area contributed by atoms with Crippen LogP contribution in [0.4, 0.5) is 0 Å². The van der Waals surface area contributed by atoms with Gasteiger partial charge in [0.1, 0.15) is 5.75 Å². The lowest BCUT2D eigenvalue weighted by molar-refractivity contribution is 0.0696. The van der Waals surface area contributed by atoms with Crippen molar-refractivity contribution in [1.29, 1.82) is 0 Å². The molecule has 3 nitrogen and oxygen atoms in total. The van der Waals surface area contributed by atoms with Crippen molar-refractivity contribution in [2.24, 2.45) is 5.92 Å². The zero-order chi connectivity index (χ0) is 17.7. The Hall–Kier alpha value is -2.29. The van der Waals surface area contributed by atoms with Crippen LogP contribution in [0.5, 0.6) is 5.75 Å². The van der Waals surface area contributed by atoms with Gasteiger partial charge in [-0.2, -0.15) is 0 Å². The minimum absolute atomic E-state index is 0.229. The van der Waals surface area contributed by atoms with E-state index in [-0.39, 0.29) is 11.7 Å². The molecule has 0 amide bonds. The molecule has 2 N–H and O–H groups in total. The molecular weight excluding hydrogens is 300 g/mol. The van der Waals surface area contributed by atoms with Crippen molar-refractivity contribution in [3.05, 3.63) is 53.6 Å². The normalized spacial score (nSPS) is 12.3. The van der Waals surface area contributed by atoms with Crippen LogP contribution in [0.15, 0.2) is 42.5 Å². The third-order valence-corrected chi connectivity index (χ3v) is 4.85. The lowest BCUT2D eigenvalue weighted by Gasteiger charge is -2.22. The highest BCUT2D eigenvalue weighted by molar-refractivity contribution is 5.89. The lowest BCUT2D eigenvalue weighted by Crippen LogP contribution is -2.07. The summed E-state index contributed by atoms with van der Waals surface area (Å²) in [5, 5.41) is 18.8. The molecule has 2 rings (SSSR count). The number of benzene rings is 2. The summed E-state index contributed by atoms with van der Waals surface area (Å²) in [6.07, 6.45) is 3.31. The van der Waals surface area contributed by atoms with Crippen molar-refractivity contribution in [1.82, 2.24) is 0 Å². The van der Waals surface area contributed by atoms with E-state index in [2.05, 4.69) is 20.8 Å². The van der Waals surface area contributed by atoms with Crippen LogP contribution in [0.3, 0.4) is 0 Å². The predicted molar refractivity (Wildman–Crippen MR) is 97.6 cm³/mol. The molecule has 0 spiro atoms. The second-order valence-electron chi connectivity index (χ2n) is 6.47. The Morgan fingerprint density at radius 2 is 1.67 bits per heavy atom. The highest BCUT2D eigenvalue weighted by atomic mass is 16.4. The van der Waals surface area contributed by atoms with Crippen molar-refractivity contribution in [3.8, 4) is 16.9 Å². The number of hydrogen-bond acceptors (Lipinski definition) is 2. The van der Waals surface area contributed by atoms with Gasteiger partial charge in [0, 0.05) is 0 Å². The molecule has 0 saturated heterocycles. The molecule has 2 aromatic rings. The summed E-state index contributed by atoms with van der Waals surface area (Å²) in [4.78, 5) is 11.4. The highest BCUT2D eigenvalue weighted by Crippen LogP contribution is 2.35. The minimum Gasteiger partial charge on any atom is -0.508 e. The lowest BCUT2D eigenvalue weighted by atomic mass is 9.83. The molecule has 0 saturated carbocycles. The summed E-state index contributed by atoms with van der Waals surface area (Å²) < 4.78 is 0. The predicted octanol–water partition coefficient (Wildman–Crippen LogP) is 5.69. The van der Waals surface area contributed by atoms with E-state index in [0.29, 0.717) is 11.5 Å². The number of carboxylic acid groups (broad SMARTS) is 1. The van der Waals surface area contributed by atoms with Crippen LogP contribution in [0, 0.1) is 5.92 Å². The standard InChI is InChI=1S/C21H26O3/c1-4-15(5-2)12-14(3)20-13-17(21(23)24)8-11-19(20)16-6-9-18(22)10-7-16/h6-11,13-15,22H,4-5,12H2,1-3H3,(H,23,24)/t14-/m1/s1. The molecule has 0 aliphatic rings. The summed E-state index contributed by atoms with van der Waals surface area (Å²) in [5.74, 6) is 0.245. The molecule has 0 aromatic heterocycles. The fourth-order valence-corrected chi connectivity index (χ4v) is 3.26. The van der Waals surface area contributed by atoms with E-state index in [0.717, 1.165) is 36.0 Å². The fourth-order valence-electron chi connectivity index (χ4n) is 3.26. The van der Waals surface area contributed by atoms with Gasteiger partial charge in [-0.3, -0.25) is 0 Å². The summed E-state index contributed by atoms with van der Waals surface area (Å²) in [6, 6.07) is 12.4. The first kappa shape index (κ1) is 18.1. The Kier molecular flexibility index (Phi) is 6.02. The molecule has 0 heterocycles. The van der Waals surface area contributed by atoms with Crippen LogP contribution in [0.2, 0.25) is 0 Å². The van der Waals surface area contributed by atoms with E-state index in [1.807, 2.05) is 18.2 Å². The second-order valence-corrected chi connectivity index (χ2v) is 6.47. The average molecular weight is 326 g/mol. The summed E-state index contributed by atoms with van der Waals surface area (Å²) in [6.45, 7) is 6.58. The van der Waals surface area contributed by atoms with E-state index in [4.69, 9.17) is 0 Å². The zero-order valence-electron chi connectivity index (χ0n) is 14.6. The van der Waals surface area contributed by atoms with E-state index < -0.39 is 5.97 Å². The van der Waals surface area contributed by atoms with Crippen molar-refractivity contribution in [2.75, 3.05) is 0 Å². The summed E-state index contributed by atoms with van der Waals surface area (Å²) >= 11 is 0. The zero-order valence-corrected chi connectivity index (χ0v) is 14.6. The number of carboxylic acids is 1. The van der Waals surface area contributed by atoms with Gasteiger partial charge in [0.25, 0.3) is 0 Å². The average Bonchev–Trinajstić information content (AvgIpc) is 2.59. The van der Waals surface area contributed by atoms with Gasteiger partial charge in [0.2, 0.25) is 0 Å². The van der Waals surface area contributed by atoms with Crippen molar-refractivity contribution in [3.63, 3.8) is 0 Å². The Morgan fingerprint density at radius 3 is 2.21 bits per heavy atom.